The molecule has 0 spiro atoms. The Balaban J connectivity index is 1.69. The highest BCUT2D eigenvalue weighted by atomic mass is 32.1. The number of fused-ring (bicyclic) bond motifs is 1. The Morgan fingerprint density at radius 3 is 3.00 bits per heavy atom. The van der Waals surface area contributed by atoms with E-state index < -0.39 is 0 Å². The molecule has 3 rings (SSSR count). The molecule has 1 aromatic carbocycles. The van der Waals surface area contributed by atoms with Crippen molar-refractivity contribution in [3.63, 3.8) is 0 Å². The Morgan fingerprint density at radius 1 is 1.28 bits per heavy atom. The Labute approximate surface area is 112 Å². The van der Waals surface area contributed by atoms with Crippen LogP contribution in [0.3, 0.4) is 0 Å². The molecule has 2 unspecified atom stereocenters. The van der Waals surface area contributed by atoms with Crippen molar-refractivity contribution in [2.75, 3.05) is 18.4 Å². The summed E-state index contributed by atoms with van der Waals surface area (Å²) in [5.41, 5.74) is 6.92. The average molecular weight is 261 g/mol. The van der Waals surface area contributed by atoms with Crippen molar-refractivity contribution in [1.82, 2.24) is 4.37 Å². The van der Waals surface area contributed by atoms with Crippen molar-refractivity contribution in [3.8, 4) is 0 Å². The van der Waals surface area contributed by atoms with E-state index in [2.05, 4.69) is 27.9 Å². The molecule has 4 heteroatoms. The molecule has 3 nitrogen and oxygen atoms in total. The van der Waals surface area contributed by atoms with Crippen LogP contribution in [0, 0.1) is 11.8 Å². The topological polar surface area (TPSA) is 50.9 Å². The second-order valence-electron chi connectivity index (χ2n) is 5.10. The fourth-order valence-corrected chi connectivity index (χ4v) is 3.70. The van der Waals surface area contributed by atoms with E-state index in [4.69, 9.17) is 5.73 Å². The number of aromatic nitrogens is 1. The van der Waals surface area contributed by atoms with Gasteiger partial charge in [0.15, 0.2) is 0 Å². The van der Waals surface area contributed by atoms with Crippen LogP contribution in [0.1, 0.15) is 19.3 Å². The van der Waals surface area contributed by atoms with Crippen LogP contribution in [0.5, 0.6) is 0 Å². The van der Waals surface area contributed by atoms with E-state index in [9.17, 15) is 0 Å². The molecule has 2 atom stereocenters. The number of nitrogens with zero attached hydrogens (tertiary/aromatic N) is 1. The highest BCUT2D eigenvalue weighted by Gasteiger charge is 2.25. The zero-order chi connectivity index (χ0) is 12.4. The van der Waals surface area contributed by atoms with Gasteiger partial charge in [0.25, 0.3) is 0 Å². The minimum atomic E-state index is 0.705. The third-order valence-electron chi connectivity index (χ3n) is 4.03. The summed E-state index contributed by atoms with van der Waals surface area (Å²) in [7, 11) is 0. The van der Waals surface area contributed by atoms with Crippen LogP contribution in [-0.4, -0.2) is 17.5 Å². The van der Waals surface area contributed by atoms with Gasteiger partial charge in [0.05, 0.1) is 5.52 Å². The van der Waals surface area contributed by atoms with Crippen LogP contribution in [0.15, 0.2) is 24.3 Å². The van der Waals surface area contributed by atoms with Crippen molar-refractivity contribution in [2.24, 2.45) is 17.6 Å². The lowest BCUT2D eigenvalue weighted by Crippen LogP contribution is -2.24. The third-order valence-corrected chi connectivity index (χ3v) is 4.86. The van der Waals surface area contributed by atoms with Gasteiger partial charge in [-0.3, -0.25) is 0 Å². The first-order valence-electron chi connectivity index (χ1n) is 6.67. The van der Waals surface area contributed by atoms with Gasteiger partial charge in [-0.25, -0.2) is 0 Å². The van der Waals surface area contributed by atoms with Crippen molar-refractivity contribution in [2.45, 2.75) is 19.3 Å². The summed E-state index contributed by atoms with van der Waals surface area (Å²) in [5, 5.41) is 6.02. The fraction of sp³-hybridized carbons (Fsp3) is 0.500. The molecule has 2 aromatic rings. The summed E-state index contributed by atoms with van der Waals surface area (Å²) in [6.07, 6.45) is 3.94. The molecular weight excluding hydrogens is 242 g/mol. The zero-order valence-electron chi connectivity index (χ0n) is 10.4. The smallest absolute Gasteiger partial charge is 0.117 e. The monoisotopic (exact) mass is 261 g/mol. The first-order chi connectivity index (χ1) is 8.88. The van der Waals surface area contributed by atoms with E-state index in [1.807, 2.05) is 6.07 Å². The van der Waals surface area contributed by atoms with Crippen LogP contribution in [0.4, 0.5) is 5.00 Å². The quantitative estimate of drug-likeness (QED) is 0.889. The highest BCUT2D eigenvalue weighted by molar-refractivity contribution is 7.11. The van der Waals surface area contributed by atoms with Crippen LogP contribution in [0.25, 0.3) is 10.9 Å². The van der Waals surface area contributed by atoms with E-state index in [0.717, 1.165) is 24.5 Å². The van der Waals surface area contributed by atoms with Crippen LogP contribution < -0.4 is 11.1 Å². The molecular formula is C14H19N3S. The van der Waals surface area contributed by atoms with E-state index >= 15 is 0 Å². The molecule has 18 heavy (non-hydrogen) atoms. The standard InChI is InChI=1S/C14H19N3S/c15-8-10-4-3-5-11(10)9-16-14-12-6-1-2-7-13(12)17-18-14/h1-2,6-7,10-11,16H,3-5,8-9,15H2. The predicted molar refractivity (Wildman–Crippen MR) is 78.0 cm³/mol. The molecule has 0 bridgehead atoms. The van der Waals surface area contributed by atoms with E-state index in [0.29, 0.717) is 5.92 Å². The molecule has 0 radical (unpaired) electrons. The molecule has 1 aromatic heterocycles. The Kier molecular flexibility index (Phi) is 3.48. The minimum Gasteiger partial charge on any atom is -0.375 e. The number of benzene rings is 1. The number of anilines is 1. The summed E-state index contributed by atoms with van der Waals surface area (Å²) in [6, 6.07) is 8.30. The van der Waals surface area contributed by atoms with Crippen molar-refractivity contribution >= 4 is 27.4 Å². The average Bonchev–Trinajstić information content (AvgIpc) is 3.02. The normalized spacial score (nSPS) is 23.6. The van der Waals surface area contributed by atoms with Crippen LogP contribution in [0.2, 0.25) is 0 Å². The second kappa shape index (κ2) is 5.24. The third kappa shape index (κ3) is 2.22. The van der Waals surface area contributed by atoms with Gasteiger partial charge in [0.1, 0.15) is 5.00 Å². The van der Waals surface area contributed by atoms with Gasteiger partial charge >= 0.3 is 0 Å². The van der Waals surface area contributed by atoms with E-state index in [1.54, 1.807) is 11.5 Å². The van der Waals surface area contributed by atoms with Crippen molar-refractivity contribution in [3.05, 3.63) is 24.3 Å². The van der Waals surface area contributed by atoms with Gasteiger partial charge in [-0.1, -0.05) is 18.6 Å². The maximum absolute atomic E-state index is 5.83. The lowest BCUT2D eigenvalue weighted by Gasteiger charge is -2.18. The van der Waals surface area contributed by atoms with E-state index in [-0.39, 0.29) is 0 Å². The fourth-order valence-electron chi connectivity index (χ4n) is 2.93. The number of nitrogens with two attached hydrogens (primary N) is 1. The molecule has 0 saturated heterocycles. The van der Waals surface area contributed by atoms with E-state index in [1.165, 1.54) is 29.6 Å². The maximum Gasteiger partial charge on any atom is 0.117 e. The van der Waals surface area contributed by atoms with Gasteiger partial charge in [-0.05, 0) is 54.9 Å². The number of rotatable bonds is 4. The summed E-state index contributed by atoms with van der Waals surface area (Å²) < 4.78 is 4.46. The molecule has 1 heterocycles. The lowest BCUT2D eigenvalue weighted by atomic mass is 9.96. The summed E-state index contributed by atoms with van der Waals surface area (Å²) in [4.78, 5) is 0. The van der Waals surface area contributed by atoms with Crippen molar-refractivity contribution < 1.29 is 0 Å². The van der Waals surface area contributed by atoms with Crippen LogP contribution in [-0.2, 0) is 0 Å². The maximum atomic E-state index is 5.83. The van der Waals surface area contributed by atoms with Crippen LogP contribution >= 0.6 is 11.5 Å². The number of hydrogen-bond donors (Lipinski definition) is 2. The molecule has 1 fully saturated rings. The minimum absolute atomic E-state index is 0.705. The molecule has 96 valence electrons. The Morgan fingerprint density at radius 2 is 2.11 bits per heavy atom. The molecule has 0 amide bonds. The van der Waals surface area contributed by atoms with Gasteiger partial charge in [0.2, 0.25) is 0 Å². The highest BCUT2D eigenvalue weighted by Crippen LogP contribution is 2.33. The predicted octanol–water partition coefficient (Wildman–Crippen LogP) is 3.08. The number of nitrogens with one attached hydrogen (secondary N) is 1. The number of hydrogen-bond acceptors (Lipinski definition) is 4. The lowest BCUT2D eigenvalue weighted by molar-refractivity contribution is 0.415. The summed E-state index contributed by atoms with van der Waals surface area (Å²) >= 11 is 1.56. The first kappa shape index (κ1) is 11.9. The van der Waals surface area contributed by atoms with Gasteiger partial charge < -0.3 is 11.1 Å². The van der Waals surface area contributed by atoms with Gasteiger partial charge in [0, 0.05) is 11.9 Å². The van der Waals surface area contributed by atoms with Crippen molar-refractivity contribution in [1.29, 1.82) is 0 Å². The molecule has 1 aliphatic rings. The first-order valence-corrected chi connectivity index (χ1v) is 7.44. The molecule has 1 aliphatic carbocycles. The molecule has 0 aliphatic heterocycles. The zero-order valence-corrected chi connectivity index (χ0v) is 11.2. The largest absolute Gasteiger partial charge is 0.375 e. The SMILES string of the molecule is NCC1CCCC1CNc1snc2ccccc12. The molecule has 3 N–H and O–H groups in total. The summed E-state index contributed by atoms with van der Waals surface area (Å²) in [5.74, 6) is 1.44. The Hall–Kier alpha value is -1.13. The van der Waals surface area contributed by atoms with Gasteiger partial charge in [-0.2, -0.15) is 4.37 Å². The summed E-state index contributed by atoms with van der Waals surface area (Å²) in [6.45, 7) is 1.86. The Bertz CT molecular complexity index is 522. The molecule has 1 saturated carbocycles. The second-order valence-corrected chi connectivity index (χ2v) is 5.87. The van der Waals surface area contributed by atoms with Gasteiger partial charge in [-0.15, -0.1) is 0 Å².